The van der Waals surface area contributed by atoms with Crippen LogP contribution >= 0.6 is 0 Å². The molecule has 16 heavy (non-hydrogen) atoms. The molecule has 0 radical (unpaired) electrons. The van der Waals surface area contributed by atoms with E-state index in [2.05, 4.69) is 4.98 Å². The second-order valence-electron chi connectivity index (χ2n) is 3.51. The quantitative estimate of drug-likeness (QED) is 0.751. The van der Waals surface area contributed by atoms with Gasteiger partial charge in [0.15, 0.2) is 15.5 Å². The zero-order chi connectivity index (χ0) is 11.8. The van der Waals surface area contributed by atoms with Gasteiger partial charge in [-0.1, -0.05) is 0 Å². The van der Waals surface area contributed by atoms with Crippen LogP contribution in [0.15, 0.2) is 17.0 Å². The van der Waals surface area contributed by atoms with Crippen LogP contribution in [-0.2, 0) is 9.84 Å². The topological polar surface area (TPSA) is 94.6 Å². The third kappa shape index (κ3) is 1.64. The van der Waals surface area contributed by atoms with Crippen LogP contribution in [0.25, 0.3) is 0 Å². The zero-order valence-corrected chi connectivity index (χ0v) is 9.03. The van der Waals surface area contributed by atoms with Crippen molar-refractivity contribution in [2.24, 2.45) is 0 Å². The number of aromatic nitrogens is 1. The summed E-state index contributed by atoms with van der Waals surface area (Å²) >= 11 is 0. The number of hydrogen-bond donors (Lipinski definition) is 0. The molecule has 1 saturated carbocycles. The maximum atomic E-state index is 11.9. The monoisotopic (exact) mass is 233 g/mol. The molecule has 80 valence electrons. The molecule has 0 N–H and O–H groups in total. The van der Waals surface area contributed by atoms with Crippen LogP contribution in [0.4, 0.5) is 0 Å². The van der Waals surface area contributed by atoms with Crippen molar-refractivity contribution in [2.75, 3.05) is 0 Å². The van der Waals surface area contributed by atoms with Crippen LogP contribution in [0.5, 0.6) is 0 Å². The van der Waals surface area contributed by atoms with Crippen molar-refractivity contribution in [3.05, 3.63) is 23.5 Å². The van der Waals surface area contributed by atoms with Crippen molar-refractivity contribution in [3.63, 3.8) is 0 Å². The first kappa shape index (κ1) is 10.6. The van der Waals surface area contributed by atoms with Gasteiger partial charge in [-0.25, -0.2) is 13.4 Å². The average Bonchev–Trinajstić information content (AvgIpc) is 3.12. The van der Waals surface area contributed by atoms with Crippen molar-refractivity contribution in [3.8, 4) is 12.1 Å². The van der Waals surface area contributed by atoms with Gasteiger partial charge in [0, 0.05) is 0 Å². The molecule has 1 aliphatic carbocycles. The molecule has 2 rings (SSSR count). The summed E-state index contributed by atoms with van der Waals surface area (Å²) in [6.07, 6.45) is 1.26. The minimum absolute atomic E-state index is 0.0475. The van der Waals surface area contributed by atoms with Crippen molar-refractivity contribution in [2.45, 2.75) is 23.0 Å². The van der Waals surface area contributed by atoms with Crippen LogP contribution in [0, 0.1) is 22.7 Å². The van der Waals surface area contributed by atoms with Crippen molar-refractivity contribution in [1.29, 1.82) is 10.5 Å². The second kappa shape index (κ2) is 3.58. The number of nitrogens with zero attached hydrogens (tertiary/aromatic N) is 3. The Balaban J connectivity index is 2.59. The Morgan fingerprint density at radius 1 is 1.25 bits per heavy atom. The minimum atomic E-state index is -3.43. The van der Waals surface area contributed by atoms with E-state index in [1.807, 2.05) is 0 Å². The Labute approximate surface area is 92.9 Å². The molecule has 0 atom stereocenters. The van der Waals surface area contributed by atoms with E-state index in [0.717, 1.165) is 0 Å². The number of hydrogen-bond acceptors (Lipinski definition) is 5. The van der Waals surface area contributed by atoms with Crippen molar-refractivity contribution < 1.29 is 8.42 Å². The fourth-order valence-electron chi connectivity index (χ4n) is 1.38. The smallest absolute Gasteiger partial charge is 0.184 e. The van der Waals surface area contributed by atoms with Gasteiger partial charge in [-0.05, 0) is 25.0 Å². The molecule has 1 aliphatic rings. The minimum Gasteiger partial charge on any atom is -0.225 e. The molecule has 5 nitrogen and oxygen atoms in total. The summed E-state index contributed by atoms with van der Waals surface area (Å²) in [6.45, 7) is 0. The van der Waals surface area contributed by atoms with Crippen molar-refractivity contribution in [1.82, 2.24) is 4.98 Å². The van der Waals surface area contributed by atoms with E-state index in [4.69, 9.17) is 10.5 Å². The molecular weight excluding hydrogens is 226 g/mol. The van der Waals surface area contributed by atoms with Gasteiger partial charge in [-0.2, -0.15) is 10.5 Å². The van der Waals surface area contributed by atoms with E-state index in [-0.39, 0.29) is 21.5 Å². The van der Waals surface area contributed by atoms with Crippen LogP contribution in [0.3, 0.4) is 0 Å². The van der Waals surface area contributed by atoms with Gasteiger partial charge in [0.25, 0.3) is 0 Å². The molecule has 0 aromatic carbocycles. The van der Waals surface area contributed by atoms with E-state index in [1.54, 1.807) is 12.1 Å². The summed E-state index contributed by atoms with van der Waals surface area (Å²) in [7, 11) is -3.43. The standard InChI is InChI=1S/C10H7N3O2S/c11-5-7-1-4-10(9(6-12)13-7)16(14,15)8-2-3-8/h1,4,8H,2-3H2. The summed E-state index contributed by atoms with van der Waals surface area (Å²) in [5.74, 6) is 0. The van der Waals surface area contributed by atoms with Gasteiger partial charge in [0.1, 0.15) is 22.7 Å². The van der Waals surface area contributed by atoms with Crippen LogP contribution in [-0.4, -0.2) is 18.7 Å². The molecule has 0 unspecified atom stereocenters. The van der Waals surface area contributed by atoms with E-state index in [9.17, 15) is 8.42 Å². The molecule has 0 spiro atoms. The van der Waals surface area contributed by atoms with Gasteiger partial charge >= 0.3 is 0 Å². The van der Waals surface area contributed by atoms with Gasteiger partial charge < -0.3 is 0 Å². The van der Waals surface area contributed by atoms with Crippen molar-refractivity contribution >= 4 is 9.84 Å². The fraction of sp³-hybridized carbons (Fsp3) is 0.300. The third-order valence-electron chi connectivity index (χ3n) is 2.35. The molecule has 0 amide bonds. The third-order valence-corrected chi connectivity index (χ3v) is 4.64. The molecule has 1 heterocycles. The Kier molecular flexibility index (Phi) is 2.37. The second-order valence-corrected chi connectivity index (χ2v) is 5.71. The Morgan fingerprint density at radius 2 is 1.94 bits per heavy atom. The molecule has 1 fully saturated rings. The van der Waals surface area contributed by atoms with Gasteiger partial charge in [-0.15, -0.1) is 0 Å². The van der Waals surface area contributed by atoms with Gasteiger partial charge in [-0.3, -0.25) is 0 Å². The Bertz CT molecular complexity index is 618. The molecular formula is C10H7N3O2S. The number of pyridine rings is 1. The maximum Gasteiger partial charge on any atom is 0.184 e. The molecule has 0 bridgehead atoms. The van der Waals surface area contributed by atoms with E-state index >= 15 is 0 Å². The highest BCUT2D eigenvalue weighted by Gasteiger charge is 2.38. The normalized spacial score (nSPS) is 15.1. The predicted molar refractivity (Wildman–Crippen MR) is 53.9 cm³/mol. The molecule has 0 aliphatic heterocycles. The number of nitriles is 2. The van der Waals surface area contributed by atoms with Crippen LogP contribution < -0.4 is 0 Å². The molecule has 1 aromatic rings. The first-order chi connectivity index (χ1) is 7.59. The van der Waals surface area contributed by atoms with Gasteiger partial charge in [0.2, 0.25) is 0 Å². The zero-order valence-electron chi connectivity index (χ0n) is 8.21. The SMILES string of the molecule is N#Cc1ccc(S(=O)(=O)C2CC2)c(C#N)n1. The van der Waals surface area contributed by atoms with Crippen LogP contribution in [0.1, 0.15) is 24.2 Å². The summed E-state index contributed by atoms with van der Waals surface area (Å²) in [4.78, 5) is 3.63. The largest absolute Gasteiger partial charge is 0.225 e. The van der Waals surface area contributed by atoms with Gasteiger partial charge in [0.05, 0.1) is 5.25 Å². The highest BCUT2D eigenvalue weighted by molar-refractivity contribution is 7.92. The lowest BCUT2D eigenvalue weighted by Gasteiger charge is -2.03. The maximum absolute atomic E-state index is 11.9. The van der Waals surface area contributed by atoms with E-state index in [0.29, 0.717) is 12.8 Å². The lowest BCUT2D eigenvalue weighted by atomic mass is 10.3. The highest BCUT2D eigenvalue weighted by atomic mass is 32.2. The molecule has 1 aromatic heterocycles. The molecule has 6 heteroatoms. The molecule has 0 saturated heterocycles. The first-order valence-electron chi connectivity index (χ1n) is 4.64. The Morgan fingerprint density at radius 3 is 2.44 bits per heavy atom. The Hall–Kier alpha value is -1.92. The predicted octanol–water partition coefficient (Wildman–Crippen LogP) is 0.761. The average molecular weight is 233 g/mol. The lowest BCUT2D eigenvalue weighted by Crippen LogP contribution is -2.10. The first-order valence-corrected chi connectivity index (χ1v) is 6.19. The summed E-state index contributed by atoms with van der Waals surface area (Å²) < 4.78 is 23.8. The van der Waals surface area contributed by atoms with Crippen LogP contribution in [0.2, 0.25) is 0 Å². The number of sulfone groups is 1. The van der Waals surface area contributed by atoms with E-state index in [1.165, 1.54) is 12.1 Å². The summed E-state index contributed by atoms with van der Waals surface area (Å²) in [5.41, 5.74) is -0.141. The van der Waals surface area contributed by atoms with E-state index < -0.39 is 9.84 Å². The summed E-state index contributed by atoms with van der Waals surface area (Å²) in [5, 5.41) is 17.0. The fourth-order valence-corrected chi connectivity index (χ4v) is 3.11. The number of rotatable bonds is 2. The summed E-state index contributed by atoms with van der Waals surface area (Å²) in [6, 6.07) is 6.09. The highest BCUT2D eigenvalue weighted by Crippen LogP contribution is 2.34. The lowest BCUT2D eigenvalue weighted by molar-refractivity contribution is 0.594.